The minimum Gasteiger partial charge on any atom is -0.383 e. The van der Waals surface area contributed by atoms with Crippen molar-refractivity contribution in [1.29, 1.82) is 0 Å². The highest BCUT2D eigenvalue weighted by Gasteiger charge is 2.23. The van der Waals surface area contributed by atoms with Crippen LogP contribution in [0.15, 0.2) is 6.33 Å². The van der Waals surface area contributed by atoms with Crippen molar-refractivity contribution < 1.29 is 4.79 Å². The van der Waals surface area contributed by atoms with Crippen molar-refractivity contribution in [2.75, 3.05) is 36.8 Å². The van der Waals surface area contributed by atoms with Crippen LogP contribution in [-0.4, -0.2) is 47.0 Å². The van der Waals surface area contributed by atoms with Gasteiger partial charge in [0.2, 0.25) is 5.91 Å². The lowest BCUT2D eigenvalue weighted by atomic mass is 10.0. The molecule has 6 heteroatoms. The van der Waals surface area contributed by atoms with Gasteiger partial charge in [-0.05, 0) is 5.92 Å². The Kier molecular flexibility index (Phi) is 3.87. The number of amides is 1. The van der Waals surface area contributed by atoms with Gasteiger partial charge in [0.1, 0.15) is 18.0 Å². The first kappa shape index (κ1) is 13.6. The van der Waals surface area contributed by atoms with Gasteiger partial charge in [-0.3, -0.25) is 4.79 Å². The molecule has 1 aliphatic rings. The number of anilines is 2. The normalized spacial score (nSPS) is 16.0. The van der Waals surface area contributed by atoms with Crippen LogP contribution in [0.2, 0.25) is 0 Å². The molecular weight excluding hydrogens is 242 g/mol. The fourth-order valence-corrected chi connectivity index (χ4v) is 2.44. The van der Waals surface area contributed by atoms with Gasteiger partial charge >= 0.3 is 0 Å². The molecule has 2 N–H and O–H groups in total. The largest absolute Gasteiger partial charge is 0.383 e. The number of hydrogen-bond acceptors (Lipinski definition) is 5. The van der Waals surface area contributed by atoms with Gasteiger partial charge in [0.15, 0.2) is 0 Å². The molecule has 2 rings (SSSR count). The monoisotopic (exact) mass is 263 g/mol. The zero-order chi connectivity index (χ0) is 14.0. The minimum atomic E-state index is 0.130. The van der Waals surface area contributed by atoms with Crippen LogP contribution in [0.4, 0.5) is 11.6 Å². The number of piperazine rings is 1. The molecule has 0 aromatic carbocycles. The highest BCUT2D eigenvalue weighted by Crippen LogP contribution is 2.29. The Hall–Kier alpha value is -1.85. The third-order valence-corrected chi connectivity index (χ3v) is 3.50. The second kappa shape index (κ2) is 5.42. The summed E-state index contributed by atoms with van der Waals surface area (Å²) in [6, 6.07) is 0. The zero-order valence-corrected chi connectivity index (χ0v) is 11.8. The van der Waals surface area contributed by atoms with Gasteiger partial charge in [-0.15, -0.1) is 0 Å². The summed E-state index contributed by atoms with van der Waals surface area (Å²) < 4.78 is 0. The van der Waals surface area contributed by atoms with E-state index < -0.39 is 0 Å². The number of carbonyl (C=O) groups excluding carboxylic acids is 1. The third-order valence-electron chi connectivity index (χ3n) is 3.50. The Morgan fingerprint density at radius 2 is 1.89 bits per heavy atom. The molecule has 1 aromatic rings. The smallest absolute Gasteiger partial charge is 0.219 e. The van der Waals surface area contributed by atoms with Crippen molar-refractivity contribution >= 4 is 17.5 Å². The van der Waals surface area contributed by atoms with Crippen LogP contribution in [0, 0.1) is 0 Å². The Morgan fingerprint density at radius 3 is 2.42 bits per heavy atom. The van der Waals surface area contributed by atoms with E-state index in [0.29, 0.717) is 5.82 Å². The number of nitrogen functional groups attached to an aromatic ring is 1. The van der Waals surface area contributed by atoms with E-state index in [0.717, 1.165) is 37.6 Å². The molecule has 0 atom stereocenters. The second-order valence-corrected chi connectivity index (χ2v) is 5.14. The third kappa shape index (κ3) is 2.77. The van der Waals surface area contributed by atoms with E-state index in [4.69, 9.17) is 5.73 Å². The van der Waals surface area contributed by atoms with E-state index in [-0.39, 0.29) is 11.8 Å². The van der Waals surface area contributed by atoms with Crippen LogP contribution in [0.5, 0.6) is 0 Å². The summed E-state index contributed by atoms with van der Waals surface area (Å²) in [5.41, 5.74) is 6.96. The molecule has 19 heavy (non-hydrogen) atoms. The van der Waals surface area contributed by atoms with Gasteiger partial charge < -0.3 is 15.5 Å². The maximum Gasteiger partial charge on any atom is 0.219 e. The van der Waals surface area contributed by atoms with E-state index in [2.05, 4.69) is 28.7 Å². The minimum absolute atomic E-state index is 0.130. The number of rotatable bonds is 2. The van der Waals surface area contributed by atoms with E-state index >= 15 is 0 Å². The molecule has 0 saturated carbocycles. The molecule has 1 amide bonds. The van der Waals surface area contributed by atoms with Crippen LogP contribution in [-0.2, 0) is 4.79 Å². The average molecular weight is 263 g/mol. The average Bonchev–Trinajstić information content (AvgIpc) is 2.38. The molecule has 0 aliphatic carbocycles. The maximum atomic E-state index is 11.3. The lowest BCUT2D eigenvalue weighted by molar-refractivity contribution is -0.129. The van der Waals surface area contributed by atoms with E-state index in [1.54, 1.807) is 6.92 Å². The van der Waals surface area contributed by atoms with Crippen molar-refractivity contribution in [2.24, 2.45) is 0 Å². The first-order valence-corrected chi connectivity index (χ1v) is 6.61. The number of aromatic nitrogens is 2. The first-order valence-electron chi connectivity index (χ1n) is 6.61. The van der Waals surface area contributed by atoms with Crippen LogP contribution >= 0.6 is 0 Å². The number of nitrogens with zero attached hydrogens (tertiary/aromatic N) is 4. The summed E-state index contributed by atoms with van der Waals surface area (Å²) in [6.45, 7) is 8.83. The second-order valence-electron chi connectivity index (χ2n) is 5.14. The van der Waals surface area contributed by atoms with Crippen molar-refractivity contribution in [2.45, 2.75) is 26.7 Å². The predicted molar refractivity (Wildman–Crippen MR) is 75.0 cm³/mol. The van der Waals surface area contributed by atoms with Gasteiger partial charge in [-0.2, -0.15) is 0 Å². The molecule has 0 unspecified atom stereocenters. The van der Waals surface area contributed by atoms with Crippen LogP contribution in [0.25, 0.3) is 0 Å². The number of carbonyl (C=O) groups is 1. The molecule has 1 fully saturated rings. The van der Waals surface area contributed by atoms with E-state index in [1.165, 1.54) is 6.33 Å². The fraction of sp³-hybridized carbons (Fsp3) is 0.615. The molecule has 1 aromatic heterocycles. The van der Waals surface area contributed by atoms with Crippen molar-refractivity contribution in [1.82, 2.24) is 14.9 Å². The Labute approximate surface area is 113 Å². The van der Waals surface area contributed by atoms with Crippen LogP contribution < -0.4 is 10.6 Å². The highest BCUT2D eigenvalue weighted by molar-refractivity contribution is 5.73. The summed E-state index contributed by atoms with van der Waals surface area (Å²) >= 11 is 0. The summed E-state index contributed by atoms with van der Waals surface area (Å²) in [7, 11) is 0. The zero-order valence-electron chi connectivity index (χ0n) is 11.8. The van der Waals surface area contributed by atoms with Gasteiger partial charge in [0.25, 0.3) is 0 Å². The molecule has 104 valence electrons. The van der Waals surface area contributed by atoms with Crippen LogP contribution in [0.1, 0.15) is 32.3 Å². The number of hydrogen-bond donors (Lipinski definition) is 1. The first-order chi connectivity index (χ1) is 9.00. The predicted octanol–water partition coefficient (Wildman–Crippen LogP) is 0.851. The van der Waals surface area contributed by atoms with E-state index in [1.807, 2.05) is 4.90 Å². The van der Waals surface area contributed by atoms with Gasteiger partial charge in [-0.25, -0.2) is 9.97 Å². The van der Waals surface area contributed by atoms with Crippen molar-refractivity contribution in [3.05, 3.63) is 11.9 Å². The molecule has 1 aliphatic heterocycles. The Bertz CT molecular complexity index is 466. The SMILES string of the molecule is CC(=O)N1CCN(c2ncnc(N)c2C(C)C)CC1. The molecule has 6 nitrogen and oxygen atoms in total. The lowest BCUT2D eigenvalue weighted by Crippen LogP contribution is -2.48. The van der Waals surface area contributed by atoms with Gasteiger partial charge in [0.05, 0.1) is 0 Å². The Morgan fingerprint density at radius 1 is 1.26 bits per heavy atom. The molecule has 0 bridgehead atoms. The lowest BCUT2D eigenvalue weighted by Gasteiger charge is -2.36. The van der Waals surface area contributed by atoms with Crippen molar-refractivity contribution in [3.63, 3.8) is 0 Å². The molecule has 1 saturated heterocycles. The van der Waals surface area contributed by atoms with E-state index in [9.17, 15) is 4.79 Å². The number of nitrogens with two attached hydrogens (primary N) is 1. The molecular formula is C13H21N5O. The quantitative estimate of drug-likeness (QED) is 0.856. The summed E-state index contributed by atoms with van der Waals surface area (Å²) in [5, 5.41) is 0. The van der Waals surface area contributed by atoms with Gasteiger partial charge in [-0.1, -0.05) is 13.8 Å². The summed E-state index contributed by atoms with van der Waals surface area (Å²) in [6.07, 6.45) is 1.51. The summed E-state index contributed by atoms with van der Waals surface area (Å²) in [5.74, 6) is 1.87. The molecule has 0 radical (unpaired) electrons. The molecule has 0 spiro atoms. The molecule has 2 heterocycles. The Balaban J connectivity index is 2.20. The fourth-order valence-electron chi connectivity index (χ4n) is 2.44. The maximum absolute atomic E-state index is 11.3. The standard InChI is InChI=1S/C13H21N5O/c1-9(2)11-12(14)15-8-16-13(11)18-6-4-17(5-7-18)10(3)19/h8-9H,4-7H2,1-3H3,(H2,14,15,16). The summed E-state index contributed by atoms with van der Waals surface area (Å²) in [4.78, 5) is 23.8. The van der Waals surface area contributed by atoms with Gasteiger partial charge in [0, 0.05) is 38.7 Å². The highest BCUT2D eigenvalue weighted by atomic mass is 16.2. The van der Waals surface area contributed by atoms with Crippen molar-refractivity contribution in [3.8, 4) is 0 Å². The topological polar surface area (TPSA) is 75.4 Å². The van der Waals surface area contributed by atoms with Crippen LogP contribution in [0.3, 0.4) is 0 Å².